The van der Waals surface area contributed by atoms with Crippen LogP contribution in [0.3, 0.4) is 0 Å². The lowest BCUT2D eigenvalue weighted by Gasteiger charge is -2.21. The second-order valence-electron chi connectivity index (χ2n) is 9.83. The molecule has 0 bridgehead atoms. The van der Waals surface area contributed by atoms with Crippen molar-refractivity contribution >= 4 is 11.7 Å². The first kappa shape index (κ1) is 31.8. The van der Waals surface area contributed by atoms with Gasteiger partial charge in [0.1, 0.15) is 0 Å². The summed E-state index contributed by atoms with van der Waals surface area (Å²) in [6.07, 6.45) is -16.9. The van der Waals surface area contributed by atoms with E-state index in [0.29, 0.717) is 12.1 Å². The van der Waals surface area contributed by atoms with Gasteiger partial charge in [0.05, 0.1) is 22.6 Å². The number of rotatable bonds is 8. The van der Waals surface area contributed by atoms with Gasteiger partial charge in [0.15, 0.2) is 6.23 Å². The molecule has 0 aromatic heterocycles. The van der Waals surface area contributed by atoms with Crippen molar-refractivity contribution in [3.05, 3.63) is 88.5 Å². The van der Waals surface area contributed by atoms with Gasteiger partial charge in [-0.05, 0) is 71.5 Å². The van der Waals surface area contributed by atoms with E-state index < -0.39 is 58.9 Å². The van der Waals surface area contributed by atoms with Crippen molar-refractivity contribution in [1.82, 2.24) is 0 Å². The normalized spacial score (nSPS) is 14.2. The second kappa shape index (κ2) is 11.6. The van der Waals surface area contributed by atoms with Crippen molar-refractivity contribution in [2.75, 3.05) is 5.32 Å². The lowest BCUT2D eigenvalue weighted by atomic mass is 9.88. The van der Waals surface area contributed by atoms with Crippen LogP contribution in [0.5, 0.6) is 0 Å². The number of benzene rings is 3. The van der Waals surface area contributed by atoms with Gasteiger partial charge in [-0.1, -0.05) is 32.0 Å². The second-order valence-corrected chi connectivity index (χ2v) is 9.83. The molecule has 0 radical (unpaired) electrons. The zero-order chi connectivity index (χ0) is 30.9. The molecule has 0 spiro atoms. The highest BCUT2D eigenvalue weighted by atomic mass is 19.4. The lowest BCUT2D eigenvalue weighted by molar-refractivity contribution is -0.143. The Hall–Kier alpha value is -3.74. The van der Waals surface area contributed by atoms with E-state index in [1.54, 1.807) is 13.8 Å². The summed E-state index contributed by atoms with van der Waals surface area (Å²) in [6.45, 7) is 3.51. The van der Waals surface area contributed by atoms with E-state index >= 15 is 0 Å². The van der Waals surface area contributed by atoms with Crippen molar-refractivity contribution in [3.63, 3.8) is 0 Å². The summed E-state index contributed by atoms with van der Waals surface area (Å²) in [5.74, 6) is -2.46. The predicted octanol–water partition coefficient (Wildman–Crippen LogP) is 8.73. The fraction of sp³-hybridized carbons (Fsp3) is 0.321. The van der Waals surface area contributed by atoms with Gasteiger partial charge in [-0.15, -0.1) is 0 Å². The van der Waals surface area contributed by atoms with Gasteiger partial charge in [-0.25, -0.2) is 0 Å². The molecule has 3 aromatic carbocycles. The molecule has 0 aliphatic rings. The molecular formula is C28H24F9NO3. The molecule has 2 unspecified atom stereocenters. The molecule has 2 atom stereocenters. The van der Waals surface area contributed by atoms with E-state index in [-0.39, 0.29) is 40.8 Å². The number of carbonyl (C=O) groups is 1. The largest absolute Gasteiger partial charge is 0.481 e. The molecule has 4 nitrogen and oxygen atoms in total. The first-order valence-electron chi connectivity index (χ1n) is 12.0. The number of hydrogen-bond acceptors (Lipinski definition) is 3. The van der Waals surface area contributed by atoms with Crippen LogP contribution in [0, 0.1) is 5.92 Å². The summed E-state index contributed by atoms with van der Waals surface area (Å²) < 4.78 is 119. The molecule has 3 N–H and O–H groups in total. The Morgan fingerprint density at radius 3 is 1.66 bits per heavy atom. The van der Waals surface area contributed by atoms with Crippen molar-refractivity contribution in [2.45, 2.75) is 50.9 Å². The number of aliphatic carboxylic acids is 1. The van der Waals surface area contributed by atoms with E-state index in [1.807, 2.05) is 0 Å². The van der Waals surface area contributed by atoms with Crippen LogP contribution in [0.2, 0.25) is 0 Å². The SMILES string of the molecule is CC(C)CC(C(=O)O)c1cc(NC(O)c2cc(C(F)(F)F)cc(C(F)(F)F)c2)cc(-c2ccc(C(F)(F)F)cc2)c1. The minimum Gasteiger partial charge on any atom is -0.481 e. The maximum atomic E-state index is 13.3. The van der Waals surface area contributed by atoms with E-state index in [4.69, 9.17) is 0 Å². The van der Waals surface area contributed by atoms with Crippen LogP contribution in [0.4, 0.5) is 45.2 Å². The molecule has 13 heteroatoms. The van der Waals surface area contributed by atoms with Gasteiger partial charge in [0, 0.05) is 11.3 Å². The van der Waals surface area contributed by atoms with Crippen molar-refractivity contribution in [1.29, 1.82) is 0 Å². The average molecular weight is 593 g/mol. The Balaban J connectivity index is 2.12. The average Bonchev–Trinajstić information content (AvgIpc) is 2.85. The molecule has 0 saturated heterocycles. The van der Waals surface area contributed by atoms with Crippen molar-refractivity contribution in [2.24, 2.45) is 5.92 Å². The number of carboxylic acids is 1. The zero-order valence-electron chi connectivity index (χ0n) is 21.4. The van der Waals surface area contributed by atoms with E-state index in [9.17, 15) is 54.5 Å². The van der Waals surface area contributed by atoms with Crippen LogP contribution in [0.25, 0.3) is 11.1 Å². The molecule has 0 aliphatic heterocycles. The summed E-state index contributed by atoms with van der Waals surface area (Å²) in [4.78, 5) is 12.0. The molecule has 41 heavy (non-hydrogen) atoms. The predicted molar refractivity (Wildman–Crippen MR) is 132 cm³/mol. The van der Waals surface area contributed by atoms with Crippen LogP contribution in [0.1, 0.15) is 60.2 Å². The first-order valence-corrected chi connectivity index (χ1v) is 12.0. The van der Waals surface area contributed by atoms with Crippen LogP contribution < -0.4 is 5.32 Å². The summed E-state index contributed by atoms with van der Waals surface area (Å²) in [5.41, 5.74) is -4.55. The number of halogens is 9. The number of aliphatic hydroxyl groups is 1. The van der Waals surface area contributed by atoms with Crippen LogP contribution >= 0.6 is 0 Å². The van der Waals surface area contributed by atoms with Gasteiger partial charge in [0.2, 0.25) is 0 Å². The third-order valence-electron chi connectivity index (χ3n) is 6.14. The van der Waals surface area contributed by atoms with E-state index in [2.05, 4.69) is 5.32 Å². The van der Waals surface area contributed by atoms with Crippen LogP contribution in [-0.2, 0) is 23.3 Å². The molecule has 222 valence electrons. The van der Waals surface area contributed by atoms with E-state index in [0.717, 1.165) is 24.3 Å². The van der Waals surface area contributed by atoms with E-state index in [1.165, 1.54) is 18.2 Å². The number of hydrogen-bond donors (Lipinski definition) is 3. The highest BCUT2D eigenvalue weighted by Crippen LogP contribution is 2.39. The maximum absolute atomic E-state index is 13.3. The fourth-order valence-electron chi connectivity index (χ4n) is 4.18. The number of aliphatic hydroxyl groups excluding tert-OH is 1. The minimum atomic E-state index is -5.16. The van der Waals surface area contributed by atoms with Crippen LogP contribution in [0.15, 0.2) is 60.7 Å². The molecule has 3 aromatic rings. The Kier molecular flexibility index (Phi) is 9.02. The fourth-order valence-corrected chi connectivity index (χ4v) is 4.18. The lowest BCUT2D eigenvalue weighted by Crippen LogP contribution is -2.17. The van der Waals surface area contributed by atoms with Crippen molar-refractivity contribution < 1.29 is 54.5 Å². The van der Waals surface area contributed by atoms with Gasteiger partial charge < -0.3 is 15.5 Å². The molecule has 3 rings (SSSR count). The summed E-state index contributed by atoms with van der Waals surface area (Å²) in [6, 6.07) is 8.39. The monoisotopic (exact) mass is 593 g/mol. The Morgan fingerprint density at radius 1 is 0.707 bits per heavy atom. The molecule has 0 fully saturated rings. The van der Waals surface area contributed by atoms with Crippen molar-refractivity contribution in [3.8, 4) is 11.1 Å². The number of anilines is 1. The van der Waals surface area contributed by atoms with Crippen LogP contribution in [-0.4, -0.2) is 16.2 Å². The first-order chi connectivity index (χ1) is 18.8. The summed E-state index contributed by atoms with van der Waals surface area (Å²) in [7, 11) is 0. The summed E-state index contributed by atoms with van der Waals surface area (Å²) >= 11 is 0. The molecular weight excluding hydrogens is 569 g/mol. The summed E-state index contributed by atoms with van der Waals surface area (Å²) in [5, 5.41) is 22.9. The third-order valence-corrected chi connectivity index (χ3v) is 6.14. The molecule has 0 aliphatic carbocycles. The molecule has 0 saturated carbocycles. The van der Waals surface area contributed by atoms with Gasteiger partial charge in [0.25, 0.3) is 0 Å². The highest BCUT2D eigenvalue weighted by molar-refractivity contribution is 5.79. The number of carboxylic acid groups (broad SMARTS) is 1. The molecule has 0 heterocycles. The van der Waals surface area contributed by atoms with Gasteiger partial charge in [-0.2, -0.15) is 39.5 Å². The zero-order valence-corrected chi connectivity index (χ0v) is 21.4. The van der Waals surface area contributed by atoms with Gasteiger partial charge in [-0.3, -0.25) is 4.79 Å². The quantitative estimate of drug-likeness (QED) is 0.181. The smallest absolute Gasteiger partial charge is 0.416 e. The number of alkyl halides is 9. The standard InChI is InChI=1S/C28H24F9NO3/c1-14(2)7-23(25(40)41)17-8-16(15-3-5-19(6-4-15)26(29,30)31)11-22(12-17)38-24(39)18-9-20(27(32,33)34)13-21(10-18)28(35,36)37/h3-6,8-14,23-24,38-39H,7H2,1-2H3,(H,40,41). The Labute approximate surface area is 228 Å². The number of nitrogens with one attached hydrogen (secondary N) is 1. The topological polar surface area (TPSA) is 69.6 Å². The Morgan fingerprint density at radius 2 is 1.22 bits per heavy atom. The highest BCUT2D eigenvalue weighted by Gasteiger charge is 2.37. The maximum Gasteiger partial charge on any atom is 0.416 e. The molecule has 0 amide bonds. The minimum absolute atomic E-state index is 0.0918. The Bertz CT molecular complexity index is 1350. The third kappa shape index (κ3) is 8.15. The van der Waals surface area contributed by atoms with Gasteiger partial charge >= 0.3 is 24.5 Å².